The largest absolute Gasteiger partial charge is 0.378 e. The first-order valence-corrected chi connectivity index (χ1v) is 7.97. The molecule has 100 valence electrons. The molecule has 19 heavy (non-hydrogen) atoms. The lowest BCUT2D eigenvalue weighted by Gasteiger charge is -2.16. The Labute approximate surface area is 123 Å². The van der Waals surface area contributed by atoms with Crippen LogP contribution in [0.1, 0.15) is 48.2 Å². The topological polar surface area (TPSA) is 12.0 Å². The first kappa shape index (κ1) is 13.0. The van der Waals surface area contributed by atoms with Crippen LogP contribution in [0, 0.1) is 0 Å². The quantitative estimate of drug-likeness (QED) is 0.773. The summed E-state index contributed by atoms with van der Waals surface area (Å²) in [5.41, 5.74) is 3.99. The minimum atomic E-state index is 0.418. The molecule has 1 atom stereocenters. The summed E-state index contributed by atoms with van der Waals surface area (Å²) in [6, 6.07) is 11.3. The van der Waals surface area contributed by atoms with Gasteiger partial charge in [0.1, 0.15) is 0 Å². The number of thiophene rings is 1. The summed E-state index contributed by atoms with van der Waals surface area (Å²) < 4.78 is 0.910. The molecule has 0 saturated carbocycles. The zero-order valence-electron chi connectivity index (χ0n) is 11.2. The lowest BCUT2D eigenvalue weighted by Crippen LogP contribution is -2.06. The van der Waals surface area contributed by atoms with Crippen LogP contribution in [0.2, 0.25) is 4.34 Å². The number of benzene rings is 1. The second kappa shape index (κ2) is 5.18. The van der Waals surface area contributed by atoms with Crippen molar-refractivity contribution in [2.24, 2.45) is 0 Å². The third-order valence-corrected chi connectivity index (χ3v) is 5.08. The lowest BCUT2D eigenvalue weighted by molar-refractivity contribution is 0.761. The Morgan fingerprint density at radius 3 is 2.95 bits per heavy atom. The van der Waals surface area contributed by atoms with Gasteiger partial charge in [0.05, 0.1) is 10.4 Å². The third kappa shape index (κ3) is 2.65. The number of rotatable bonds is 3. The van der Waals surface area contributed by atoms with Crippen LogP contribution in [0.15, 0.2) is 30.3 Å². The van der Waals surface area contributed by atoms with Gasteiger partial charge in [-0.25, -0.2) is 0 Å². The van der Waals surface area contributed by atoms with Gasteiger partial charge in [0.2, 0.25) is 0 Å². The van der Waals surface area contributed by atoms with Crippen molar-refractivity contribution in [1.82, 2.24) is 0 Å². The van der Waals surface area contributed by atoms with E-state index in [4.69, 9.17) is 11.6 Å². The van der Waals surface area contributed by atoms with Crippen LogP contribution < -0.4 is 5.32 Å². The van der Waals surface area contributed by atoms with Gasteiger partial charge in [0.25, 0.3) is 0 Å². The zero-order valence-corrected chi connectivity index (χ0v) is 12.8. The molecule has 1 aromatic carbocycles. The molecule has 3 heteroatoms. The molecule has 0 fully saturated rings. The van der Waals surface area contributed by atoms with Gasteiger partial charge in [-0.15, -0.1) is 11.3 Å². The van der Waals surface area contributed by atoms with Crippen molar-refractivity contribution in [1.29, 1.82) is 0 Å². The van der Waals surface area contributed by atoms with E-state index in [2.05, 4.69) is 49.5 Å². The first-order valence-electron chi connectivity index (χ1n) is 6.78. The summed E-state index contributed by atoms with van der Waals surface area (Å²) >= 11 is 7.83. The maximum Gasteiger partial charge on any atom is 0.0934 e. The number of hydrogen-bond donors (Lipinski definition) is 1. The maximum absolute atomic E-state index is 6.10. The number of anilines is 1. The van der Waals surface area contributed by atoms with Gasteiger partial charge >= 0.3 is 0 Å². The molecule has 3 rings (SSSR count). The van der Waals surface area contributed by atoms with Gasteiger partial charge in [0.15, 0.2) is 0 Å². The predicted octanol–water partition coefficient (Wildman–Crippen LogP) is 5.62. The van der Waals surface area contributed by atoms with Crippen molar-refractivity contribution in [2.75, 3.05) is 5.32 Å². The van der Waals surface area contributed by atoms with Gasteiger partial charge in [0, 0.05) is 10.6 Å². The normalized spacial score (nSPS) is 17.8. The molecule has 1 heterocycles. The number of fused-ring (bicyclic) bond motifs is 1. The molecular weight excluding hydrogens is 274 g/mol. The zero-order chi connectivity index (χ0) is 13.4. The molecule has 1 unspecified atom stereocenters. The van der Waals surface area contributed by atoms with Gasteiger partial charge < -0.3 is 5.32 Å². The summed E-state index contributed by atoms with van der Waals surface area (Å²) in [4.78, 5) is 1.45. The fraction of sp³-hybridized carbons (Fsp3) is 0.375. The molecule has 0 spiro atoms. The van der Waals surface area contributed by atoms with Gasteiger partial charge in [-0.1, -0.05) is 37.6 Å². The lowest BCUT2D eigenvalue weighted by atomic mass is 10.0. The molecule has 0 amide bonds. The van der Waals surface area contributed by atoms with E-state index in [1.54, 1.807) is 11.3 Å². The van der Waals surface area contributed by atoms with Crippen LogP contribution in [-0.4, -0.2) is 0 Å². The maximum atomic E-state index is 6.10. The monoisotopic (exact) mass is 291 g/mol. The van der Waals surface area contributed by atoms with Crippen molar-refractivity contribution >= 4 is 28.6 Å². The summed E-state index contributed by atoms with van der Waals surface area (Å²) in [5, 5.41) is 3.65. The highest BCUT2D eigenvalue weighted by Crippen LogP contribution is 2.41. The van der Waals surface area contributed by atoms with E-state index >= 15 is 0 Å². The molecule has 1 aromatic heterocycles. The van der Waals surface area contributed by atoms with Crippen molar-refractivity contribution in [3.05, 3.63) is 50.7 Å². The summed E-state index contributed by atoms with van der Waals surface area (Å²) in [6.45, 7) is 4.46. The smallest absolute Gasteiger partial charge is 0.0934 e. The standard InChI is InChI=1S/C16H18ClNS/c1-10(2)11-4-3-5-12(8-11)18-14-6-7-15-13(14)9-16(17)19-15/h3-5,8-10,14,18H,6-7H2,1-2H3. The third-order valence-electron chi connectivity index (χ3n) is 3.74. The average Bonchev–Trinajstić information content (AvgIpc) is 2.91. The number of hydrogen-bond acceptors (Lipinski definition) is 2. The average molecular weight is 292 g/mol. The Hall–Kier alpha value is -0.990. The van der Waals surface area contributed by atoms with Crippen molar-refractivity contribution < 1.29 is 0 Å². The highest BCUT2D eigenvalue weighted by atomic mass is 35.5. The molecule has 0 saturated heterocycles. The molecule has 0 bridgehead atoms. The van der Waals surface area contributed by atoms with E-state index in [9.17, 15) is 0 Å². The molecule has 1 aliphatic rings. The van der Waals surface area contributed by atoms with Crippen LogP contribution in [0.4, 0.5) is 5.69 Å². The highest BCUT2D eigenvalue weighted by molar-refractivity contribution is 7.16. The Bertz CT molecular complexity index is 588. The summed E-state index contributed by atoms with van der Waals surface area (Å²) in [7, 11) is 0. The molecule has 1 aliphatic carbocycles. The molecule has 1 N–H and O–H groups in total. The van der Waals surface area contributed by atoms with E-state index in [0.717, 1.165) is 10.8 Å². The number of aryl methyl sites for hydroxylation is 1. The second-order valence-electron chi connectivity index (χ2n) is 5.44. The summed E-state index contributed by atoms with van der Waals surface area (Å²) in [6.07, 6.45) is 2.32. The Morgan fingerprint density at radius 1 is 1.32 bits per heavy atom. The van der Waals surface area contributed by atoms with E-state index in [1.165, 1.54) is 28.1 Å². The molecule has 1 nitrogen and oxygen atoms in total. The van der Waals surface area contributed by atoms with Crippen LogP contribution in [0.25, 0.3) is 0 Å². The van der Waals surface area contributed by atoms with Crippen molar-refractivity contribution in [3.63, 3.8) is 0 Å². The van der Waals surface area contributed by atoms with Crippen molar-refractivity contribution in [2.45, 2.75) is 38.6 Å². The Morgan fingerprint density at radius 2 is 2.16 bits per heavy atom. The summed E-state index contributed by atoms with van der Waals surface area (Å²) in [5.74, 6) is 0.566. The van der Waals surface area contributed by atoms with E-state index in [-0.39, 0.29) is 0 Å². The fourth-order valence-electron chi connectivity index (χ4n) is 2.67. The van der Waals surface area contributed by atoms with Crippen LogP contribution in [0.5, 0.6) is 0 Å². The van der Waals surface area contributed by atoms with Crippen LogP contribution in [-0.2, 0) is 6.42 Å². The number of halogens is 1. The van der Waals surface area contributed by atoms with Gasteiger partial charge in [-0.3, -0.25) is 0 Å². The second-order valence-corrected chi connectivity index (χ2v) is 7.21. The highest BCUT2D eigenvalue weighted by Gasteiger charge is 2.24. The van der Waals surface area contributed by atoms with E-state index in [1.807, 2.05) is 0 Å². The molecule has 0 radical (unpaired) electrons. The Balaban J connectivity index is 1.81. The van der Waals surface area contributed by atoms with Gasteiger partial charge in [-0.2, -0.15) is 0 Å². The molecule has 0 aliphatic heterocycles. The van der Waals surface area contributed by atoms with Gasteiger partial charge in [-0.05, 0) is 48.1 Å². The number of nitrogens with one attached hydrogen (secondary N) is 1. The molecule has 2 aromatic rings. The first-order chi connectivity index (χ1) is 9.13. The van der Waals surface area contributed by atoms with Crippen LogP contribution in [0.3, 0.4) is 0 Å². The minimum absolute atomic E-state index is 0.418. The minimum Gasteiger partial charge on any atom is -0.378 e. The molecular formula is C16H18ClNS. The van der Waals surface area contributed by atoms with Crippen molar-refractivity contribution in [3.8, 4) is 0 Å². The van der Waals surface area contributed by atoms with Crippen LogP contribution >= 0.6 is 22.9 Å². The SMILES string of the molecule is CC(C)c1cccc(NC2CCc3sc(Cl)cc32)c1. The van der Waals surface area contributed by atoms with E-state index < -0.39 is 0 Å². The fourth-order valence-corrected chi connectivity index (χ4v) is 4.03. The predicted molar refractivity (Wildman–Crippen MR) is 84.5 cm³/mol. The van der Waals surface area contributed by atoms with E-state index in [0.29, 0.717) is 12.0 Å². The Kier molecular flexibility index (Phi) is 3.55.